The van der Waals surface area contributed by atoms with E-state index in [1.54, 1.807) is 0 Å². The summed E-state index contributed by atoms with van der Waals surface area (Å²) in [4.78, 5) is 1.40. The molecule has 2 heteroatoms. The fourth-order valence-corrected chi connectivity index (χ4v) is 2.31. The van der Waals surface area contributed by atoms with Crippen molar-refractivity contribution in [1.82, 2.24) is 0 Å². The quantitative estimate of drug-likeness (QED) is 0.607. The SMILES string of the molecule is Cc1ccc2c(c1)SCCOC2. The van der Waals surface area contributed by atoms with Crippen LogP contribution in [0.4, 0.5) is 0 Å². The summed E-state index contributed by atoms with van der Waals surface area (Å²) in [6.07, 6.45) is 0. The molecule has 1 aromatic carbocycles. The molecule has 0 amide bonds. The molecular formula is C10H12OS. The molecule has 0 atom stereocenters. The molecule has 1 nitrogen and oxygen atoms in total. The van der Waals surface area contributed by atoms with Gasteiger partial charge in [-0.3, -0.25) is 0 Å². The van der Waals surface area contributed by atoms with Crippen molar-refractivity contribution >= 4 is 11.8 Å². The molecule has 0 saturated carbocycles. The van der Waals surface area contributed by atoms with Crippen LogP contribution in [0.2, 0.25) is 0 Å². The van der Waals surface area contributed by atoms with Crippen molar-refractivity contribution in [2.75, 3.05) is 12.4 Å². The first kappa shape index (κ1) is 8.14. The molecular weight excluding hydrogens is 168 g/mol. The summed E-state index contributed by atoms with van der Waals surface area (Å²) in [5.74, 6) is 1.08. The van der Waals surface area contributed by atoms with Gasteiger partial charge in [-0.25, -0.2) is 0 Å². The van der Waals surface area contributed by atoms with Gasteiger partial charge in [0, 0.05) is 10.6 Å². The molecule has 1 aliphatic heterocycles. The van der Waals surface area contributed by atoms with Crippen LogP contribution in [0.25, 0.3) is 0 Å². The Balaban J connectivity index is 2.36. The van der Waals surface area contributed by atoms with Crippen LogP contribution < -0.4 is 0 Å². The van der Waals surface area contributed by atoms with E-state index < -0.39 is 0 Å². The molecule has 0 saturated heterocycles. The lowest BCUT2D eigenvalue weighted by atomic mass is 10.2. The maximum Gasteiger partial charge on any atom is 0.0728 e. The van der Waals surface area contributed by atoms with Crippen molar-refractivity contribution in [3.63, 3.8) is 0 Å². The minimum atomic E-state index is 0.780. The monoisotopic (exact) mass is 180 g/mol. The first-order chi connectivity index (χ1) is 5.86. The minimum Gasteiger partial charge on any atom is -0.376 e. The molecule has 12 heavy (non-hydrogen) atoms. The van der Waals surface area contributed by atoms with E-state index in [1.165, 1.54) is 16.0 Å². The van der Waals surface area contributed by atoms with E-state index in [9.17, 15) is 0 Å². The fraction of sp³-hybridized carbons (Fsp3) is 0.400. The van der Waals surface area contributed by atoms with E-state index in [0.29, 0.717) is 0 Å². The molecule has 1 aliphatic rings. The summed E-state index contributed by atoms with van der Waals surface area (Å²) in [5.41, 5.74) is 2.67. The Morgan fingerprint density at radius 2 is 2.33 bits per heavy atom. The van der Waals surface area contributed by atoms with E-state index in [-0.39, 0.29) is 0 Å². The van der Waals surface area contributed by atoms with E-state index in [1.807, 2.05) is 11.8 Å². The van der Waals surface area contributed by atoms with E-state index >= 15 is 0 Å². The van der Waals surface area contributed by atoms with Crippen LogP contribution in [0, 0.1) is 6.92 Å². The standard InChI is InChI=1S/C10H12OS/c1-8-2-3-9-7-11-4-5-12-10(9)6-8/h2-3,6H,4-5,7H2,1H3. The van der Waals surface area contributed by atoms with Crippen molar-refractivity contribution < 1.29 is 4.74 Å². The molecule has 0 N–H and O–H groups in total. The molecule has 0 spiro atoms. The van der Waals surface area contributed by atoms with Crippen molar-refractivity contribution in [2.24, 2.45) is 0 Å². The van der Waals surface area contributed by atoms with E-state index in [0.717, 1.165) is 19.0 Å². The predicted molar refractivity (Wildman–Crippen MR) is 51.6 cm³/mol. The minimum absolute atomic E-state index is 0.780. The number of ether oxygens (including phenoxy) is 1. The van der Waals surface area contributed by atoms with Gasteiger partial charge in [0.1, 0.15) is 0 Å². The van der Waals surface area contributed by atoms with Crippen LogP contribution in [0.15, 0.2) is 23.1 Å². The average molecular weight is 180 g/mol. The van der Waals surface area contributed by atoms with Gasteiger partial charge in [-0.2, -0.15) is 0 Å². The number of aryl methyl sites for hydroxylation is 1. The Bertz CT molecular complexity index is 283. The van der Waals surface area contributed by atoms with Crippen LogP contribution in [-0.2, 0) is 11.3 Å². The van der Waals surface area contributed by atoms with Crippen LogP contribution in [0.5, 0.6) is 0 Å². The Hall–Kier alpha value is -0.470. The summed E-state index contributed by atoms with van der Waals surface area (Å²) in [6.45, 7) is 3.79. The van der Waals surface area contributed by atoms with E-state index in [2.05, 4.69) is 25.1 Å². The van der Waals surface area contributed by atoms with Gasteiger partial charge in [-0.1, -0.05) is 12.1 Å². The Morgan fingerprint density at radius 1 is 1.42 bits per heavy atom. The third-order valence-corrected chi connectivity index (χ3v) is 3.03. The van der Waals surface area contributed by atoms with E-state index in [4.69, 9.17) is 4.74 Å². The molecule has 0 bridgehead atoms. The lowest BCUT2D eigenvalue weighted by Crippen LogP contribution is -1.92. The van der Waals surface area contributed by atoms with Crippen molar-refractivity contribution in [1.29, 1.82) is 0 Å². The topological polar surface area (TPSA) is 9.23 Å². The molecule has 1 heterocycles. The van der Waals surface area contributed by atoms with Crippen LogP contribution in [0.1, 0.15) is 11.1 Å². The van der Waals surface area contributed by atoms with Gasteiger partial charge in [-0.15, -0.1) is 11.8 Å². The van der Waals surface area contributed by atoms with Gasteiger partial charge >= 0.3 is 0 Å². The molecule has 64 valence electrons. The second kappa shape index (κ2) is 3.50. The van der Waals surface area contributed by atoms with Gasteiger partial charge in [0.2, 0.25) is 0 Å². The number of hydrogen-bond donors (Lipinski definition) is 0. The van der Waals surface area contributed by atoms with Gasteiger partial charge in [0.05, 0.1) is 13.2 Å². The second-order valence-corrected chi connectivity index (χ2v) is 4.15. The normalized spacial score (nSPS) is 16.8. The molecule has 0 aromatic heterocycles. The molecule has 0 unspecified atom stereocenters. The smallest absolute Gasteiger partial charge is 0.0728 e. The summed E-state index contributed by atoms with van der Waals surface area (Å²) < 4.78 is 5.44. The zero-order valence-corrected chi connectivity index (χ0v) is 7.99. The largest absolute Gasteiger partial charge is 0.376 e. The molecule has 2 rings (SSSR count). The van der Waals surface area contributed by atoms with Crippen molar-refractivity contribution in [2.45, 2.75) is 18.4 Å². The van der Waals surface area contributed by atoms with Gasteiger partial charge in [-0.05, 0) is 24.1 Å². The zero-order chi connectivity index (χ0) is 8.39. The number of benzene rings is 1. The summed E-state index contributed by atoms with van der Waals surface area (Å²) in [7, 11) is 0. The lowest BCUT2D eigenvalue weighted by molar-refractivity contribution is 0.137. The van der Waals surface area contributed by atoms with Crippen molar-refractivity contribution in [3.8, 4) is 0 Å². The maximum atomic E-state index is 5.44. The maximum absolute atomic E-state index is 5.44. The molecule has 0 fully saturated rings. The number of rotatable bonds is 0. The highest BCUT2D eigenvalue weighted by Gasteiger charge is 2.07. The Labute approximate surface area is 77.1 Å². The molecule has 1 aromatic rings. The summed E-state index contributed by atoms with van der Waals surface area (Å²) in [5, 5.41) is 0. The molecule has 0 radical (unpaired) electrons. The number of fused-ring (bicyclic) bond motifs is 1. The summed E-state index contributed by atoms with van der Waals surface area (Å²) in [6, 6.07) is 6.56. The number of hydrogen-bond acceptors (Lipinski definition) is 2. The van der Waals surface area contributed by atoms with Crippen LogP contribution >= 0.6 is 11.8 Å². The first-order valence-electron chi connectivity index (χ1n) is 4.16. The summed E-state index contributed by atoms with van der Waals surface area (Å²) >= 11 is 1.90. The fourth-order valence-electron chi connectivity index (χ4n) is 1.31. The van der Waals surface area contributed by atoms with Crippen LogP contribution in [-0.4, -0.2) is 12.4 Å². The van der Waals surface area contributed by atoms with Crippen molar-refractivity contribution in [3.05, 3.63) is 29.3 Å². The predicted octanol–water partition coefficient (Wildman–Crippen LogP) is 2.62. The average Bonchev–Trinajstić information content (AvgIpc) is 2.28. The van der Waals surface area contributed by atoms with Crippen LogP contribution in [0.3, 0.4) is 0 Å². The van der Waals surface area contributed by atoms with Gasteiger partial charge in [0.25, 0.3) is 0 Å². The third-order valence-electron chi connectivity index (χ3n) is 1.97. The van der Waals surface area contributed by atoms with Gasteiger partial charge in [0.15, 0.2) is 0 Å². The van der Waals surface area contributed by atoms with Gasteiger partial charge < -0.3 is 4.74 Å². The Morgan fingerprint density at radius 3 is 3.25 bits per heavy atom. The first-order valence-corrected chi connectivity index (χ1v) is 5.15. The number of thioether (sulfide) groups is 1. The highest BCUT2D eigenvalue weighted by Crippen LogP contribution is 2.26. The lowest BCUT2D eigenvalue weighted by Gasteiger charge is -2.04. The zero-order valence-electron chi connectivity index (χ0n) is 7.17. The highest BCUT2D eigenvalue weighted by molar-refractivity contribution is 7.99. The Kier molecular flexibility index (Phi) is 2.38. The molecule has 0 aliphatic carbocycles. The highest BCUT2D eigenvalue weighted by atomic mass is 32.2. The second-order valence-electron chi connectivity index (χ2n) is 3.01. The third kappa shape index (κ3) is 1.65.